The highest BCUT2D eigenvalue weighted by Crippen LogP contribution is 2.45. The van der Waals surface area contributed by atoms with Crippen LogP contribution in [0.2, 0.25) is 0 Å². The van der Waals surface area contributed by atoms with Crippen molar-refractivity contribution in [3.8, 4) is 22.3 Å². The number of benzene rings is 7. The number of furan rings is 1. The lowest BCUT2D eigenvalue weighted by Crippen LogP contribution is -1.91. The zero-order valence-corrected chi connectivity index (χ0v) is 19.9. The molecule has 0 amide bonds. The predicted molar refractivity (Wildman–Crippen MR) is 157 cm³/mol. The standard InChI is InChI=1S/C36H22O/c1-2-12-25-23(10-1)11-9-18-28(25)36-31-16-5-3-14-29(31)35(30-15-4-6-17-32(30)36)24-20-21-27-26-13-7-8-19-33(26)37-34(27)22-24/h1-22H/i20D,21D,22D. The molecule has 172 valence electrons. The van der Waals surface area contributed by atoms with Gasteiger partial charge in [0, 0.05) is 10.8 Å². The van der Waals surface area contributed by atoms with Crippen LogP contribution in [-0.2, 0) is 0 Å². The third-order valence-corrected chi connectivity index (χ3v) is 7.39. The molecule has 1 heteroatoms. The first-order valence-corrected chi connectivity index (χ1v) is 12.5. The Hall–Kier alpha value is -4.88. The first kappa shape index (κ1) is 17.5. The molecule has 0 unspecified atom stereocenters. The van der Waals surface area contributed by atoms with Gasteiger partial charge in [-0.05, 0) is 72.7 Å². The number of fused-ring (bicyclic) bond motifs is 6. The van der Waals surface area contributed by atoms with Gasteiger partial charge < -0.3 is 4.42 Å². The van der Waals surface area contributed by atoms with Crippen molar-refractivity contribution in [2.24, 2.45) is 0 Å². The quantitative estimate of drug-likeness (QED) is 0.228. The van der Waals surface area contributed by atoms with Crippen LogP contribution < -0.4 is 0 Å². The van der Waals surface area contributed by atoms with E-state index in [-0.39, 0.29) is 18.1 Å². The lowest BCUT2D eigenvalue weighted by atomic mass is 9.84. The molecule has 0 saturated carbocycles. The Bertz CT molecular complexity index is 2250. The molecule has 8 aromatic rings. The minimum absolute atomic E-state index is 0.0391. The molecule has 37 heavy (non-hydrogen) atoms. The highest BCUT2D eigenvalue weighted by molar-refractivity contribution is 6.24. The molecule has 7 aromatic carbocycles. The average molecular weight is 474 g/mol. The minimum Gasteiger partial charge on any atom is -0.456 e. The summed E-state index contributed by atoms with van der Waals surface area (Å²) in [5, 5.41) is 7.61. The number of rotatable bonds is 2. The summed E-state index contributed by atoms with van der Waals surface area (Å²) >= 11 is 0. The van der Waals surface area contributed by atoms with Gasteiger partial charge in [0.05, 0.1) is 4.11 Å². The van der Waals surface area contributed by atoms with Gasteiger partial charge in [-0.3, -0.25) is 0 Å². The predicted octanol–water partition coefficient (Wildman–Crippen LogP) is 10.4. The van der Waals surface area contributed by atoms with Gasteiger partial charge in [-0.1, -0.05) is 115 Å². The second kappa shape index (κ2) is 7.81. The van der Waals surface area contributed by atoms with Gasteiger partial charge in [-0.25, -0.2) is 0 Å². The van der Waals surface area contributed by atoms with Gasteiger partial charge in [0.15, 0.2) is 0 Å². The van der Waals surface area contributed by atoms with Crippen LogP contribution in [0.1, 0.15) is 4.11 Å². The molecule has 0 spiro atoms. The summed E-state index contributed by atoms with van der Waals surface area (Å²) in [5.41, 5.74) is 4.46. The normalized spacial score (nSPS) is 12.9. The van der Waals surface area contributed by atoms with Crippen LogP contribution in [-0.4, -0.2) is 0 Å². The Kier molecular flexibility index (Phi) is 3.70. The first-order valence-electron chi connectivity index (χ1n) is 14.0. The van der Waals surface area contributed by atoms with Crippen LogP contribution in [0, 0.1) is 0 Å². The first-order chi connectivity index (χ1) is 19.6. The maximum Gasteiger partial charge on any atom is 0.136 e. The maximum atomic E-state index is 9.33. The molecular formula is C36H22O. The van der Waals surface area contributed by atoms with Crippen LogP contribution in [0.25, 0.3) is 76.5 Å². The Morgan fingerprint density at radius 3 is 1.73 bits per heavy atom. The highest BCUT2D eigenvalue weighted by Gasteiger charge is 2.18. The zero-order chi connectivity index (χ0) is 27.0. The number of hydrogen-bond acceptors (Lipinski definition) is 1. The van der Waals surface area contributed by atoms with E-state index in [9.17, 15) is 2.74 Å². The minimum atomic E-state index is 0.0391. The summed E-state index contributed by atoms with van der Waals surface area (Å²) in [6.07, 6.45) is 0. The maximum absolute atomic E-state index is 9.33. The largest absolute Gasteiger partial charge is 0.456 e. The molecule has 0 saturated heterocycles. The molecule has 0 N–H and O–H groups in total. The SMILES string of the molecule is [2H]c1c(-c2c3ccccc3c(-c3cccc4ccccc34)c3ccccc23)c([2H])c2oc3ccccc3c2c1[2H]. The lowest BCUT2D eigenvalue weighted by molar-refractivity contribution is 0.669. The number of para-hydroxylation sites is 1. The zero-order valence-electron chi connectivity index (χ0n) is 22.9. The molecule has 1 nitrogen and oxygen atoms in total. The molecule has 0 atom stereocenters. The van der Waals surface area contributed by atoms with Crippen LogP contribution in [0.15, 0.2) is 138 Å². The Morgan fingerprint density at radius 2 is 1.00 bits per heavy atom. The molecule has 1 aromatic heterocycles. The third-order valence-electron chi connectivity index (χ3n) is 7.39. The fourth-order valence-corrected chi connectivity index (χ4v) is 5.78. The van der Waals surface area contributed by atoms with E-state index < -0.39 is 0 Å². The summed E-state index contributed by atoms with van der Waals surface area (Å²) in [7, 11) is 0. The monoisotopic (exact) mass is 473 g/mol. The Labute approximate surface area is 218 Å². The molecule has 0 bridgehead atoms. The second-order valence-electron chi connectivity index (χ2n) is 9.42. The Balaban J connectivity index is 1.57. The third kappa shape index (κ3) is 2.98. The van der Waals surface area contributed by atoms with Crippen molar-refractivity contribution in [3.05, 3.63) is 133 Å². The Morgan fingerprint density at radius 1 is 0.432 bits per heavy atom. The van der Waals surface area contributed by atoms with E-state index in [1.165, 1.54) is 10.8 Å². The summed E-state index contributed by atoms with van der Waals surface area (Å²) < 4.78 is 33.7. The molecular weight excluding hydrogens is 448 g/mol. The molecule has 1 heterocycles. The van der Waals surface area contributed by atoms with E-state index in [0.717, 1.165) is 43.6 Å². The van der Waals surface area contributed by atoms with E-state index in [4.69, 9.17) is 5.79 Å². The van der Waals surface area contributed by atoms with E-state index >= 15 is 0 Å². The van der Waals surface area contributed by atoms with Crippen molar-refractivity contribution in [2.75, 3.05) is 0 Å². The average Bonchev–Trinajstić information content (AvgIpc) is 3.40. The van der Waals surface area contributed by atoms with Crippen molar-refractivity contribution >= 4 is 54.3 Å². The summed E-state index contributed by atoms with van der Waals surface area (Å²) in [4.78, 5) is 0. The summed E-state index contributed by atoms with van der Waals surface area (Å²) in [6, 6.07) is 39.1. The van der Waals surface area contributed by atoms with Crippen molar-refractivity contribution in [1.82, 2.24) is 0 Å². The van der Waals surface area contributed by atoms with E-state index in [1.54, 1.807) is 0 Å². The van der Waals surface area contributed by atoms with Crippen molar-refractivity contribution < 1.29 is 8.53 Å². The summed E-state index contributed by atoms with van der Waals surface area (Å²) in [6.45, 7) is 0. The topological polar surface area (TPSA) is 13.1 Å². The smallest absolute Gasteiger partial charge is 0.136 e. The van der Waals surface area contributed by atoms with Crippen molar-refractivity contribution in [3.63, 3.8) is 0 Å². The fourth-order valence-electron chi connectivity index (χ4n) is 5.78. The van der Waals surface area contributed by atoms with Crippen LogP contribution in [0.4, 0.5) is 0 Å². The molecule has 8 rings (SSSR count). The van der Waals surface area contributed by atoms with Crippen LogP contribution in [0.5, 0.6) is 0 Å². The molecule has 0 fully saturated rings. The lowest BCUT2D eigenvalue weighted by Gasteiger charge is -2.18. The van der Waals surface area contributed by atoms with Gasteiger partial charge in [0.25, 0.3) is 0 Å². The van der Waals surface area contributed by atoms with Crippen molar-refractivity contribution in [2.45, 2.75) is 0 Å². The highest BCUT2D eigenvalue weighted by atomic mass is 16.3. The van der Waals surface area contributed by atoms with E-state index in [0.29, 0.717) is 22.1 Å². The van der Waals surface area contributed by atoms with Gasteiger partial charge in [0.2, 0.25) is 0 Å². The summed E-state index contributed by atoms with van der Waals surface area (Å²) in [5.74, 6) is 0. The van der Waals surface area contributed by atoms with Gasteiger partial charge in [-0.15, -0.1) is 0 Å². The van der Waals surface area contributed by atoms with Gasteiger partial charge in [0.1, 0.15) is 11.2 Å². The van der Waals surface area contributed by atoms with Gasteiger partial charge in [-0.2, -0.15) is 0 Å². The molecule has 0 radical (unpaired) electrons. The van der Waals surface area contributed by atoms with Crippen molar-refractivity contribution in [1.29, 1.82) is 0 Å². The van der Waals surface area contributed by atoms with E-state index in [2.05, 4.69) is 66.7 Å². The van der Waals surface area contributed by atoms with Gasteiger partial charge >= 0.3 is 0 Å². The van der Waals surface area contributed by atoms with E-state index in [1.807, 2.05) is 48.5 Å². The van der Waals surface area contributed by atoms with Crippen LogP contribution >= 0.6 is 0 Å². The van der Waals surface area contributed by atoms with Crippen LogP contribution in [0.3, 0.4) is 0 Å². The molecule has 0 aliphatic heterocycles. The fraction of sp³-hybridized carbons (Fsp3) is 0. The number of hydrogen-bond donors (Lipinski definition) is 0. The molecule has 0 aliphatic carbocycles. The second-order valence-corrected chi connectivity index (χ2v) is 9.42. The molecule has 0 aliphatic rings.